The van der Waals surface area contributed by atoms with Crippen LogP contribution in [-0.2, 0) is 10.0 Å². The first kappa shape index (κ1) is 17.8. The van der Waals surface area contributed by atoms with E-state index in [4.69, 9.17) is 4.74 Å². The van der Waals surface area contributed by atoms with Gasteiger partial charge < -0.3 is 4.74 Å². The van der Waals surface area contributed by atoms with Crippen molar-refractivity contribution < 1.29 is 13.2 Å². The van der Waals surface area contributed by atoms with Crippen LogP contribution in [0, 0.1) is 20.8 Å². The van der Waals surface area contributed by atoms with Gasteiger partial charge in [0.25, 0.3) is 10.0 Å². The fourth-order valence-corrected chi connectivity index (χ4v) is 4.22. The second-order valence-corrected chi connectivity index (χ2v) is 7.95. The van der Waals surface area contributed by atoms with Crippen molar-refractivity contribution in [2.45, 2.75) is 32.6 Å². The summed E-state index contributed by atoms with van der Waals surface area (Å²) in [5, 5.41) is 0. The molecule has 0 fully saturated rings. The van der Waals surface area contributed by atoms with Crippen LogP contribution >= 0.6 is 15.9 Å². The van der Waals surface area contributed by atoms with Crippen molar-refractivity contribution >= 4 is 31.6 Å². The van der Waals surface area contributed by atoms with Gasteiger partial charge in [0, 0.05) is 4.47 Å². The third-order valence-electron chi connectivity index (χ3n) is 3.49. The molecular formula is C17H20BrNO3S. The van der Waals surface area contributed by atoms with Gasteiger partial charge in [-0.15, -0.1) is 0 Å². The van der Waals surface area contributed by atoms with Crippen molar-refractivity contribution in [3.8, 4) is 5.75 Å². The smallest absolute Gasteiger partial charge is 0.262 e. The first-order valence-electron chi connectivity index (χ1n) is 7.27. The Morgan fingerprint density at radius 3 is 2.35 bits per heavy atom. The molecule has 0 aromatic heterocycles. The Morgan fingerprint density at radius 1 is 1.04 bits per heavy atom. The van der Waals surface area contributed by atoms with Gasteiger partial charge in [0.1, 0.15) is 5.75 Å². The summed E-state index contributed by atoms with van der Waals surface area (Å²) in [5.74, 6) is 0.712. The molecule has 0 saturated heterocycles. The normalized spacial score (nSPS) is 11.3. The van der Waals surface area contributed by atoms with E-state index in [0.29, 0.717) is 23.6 Å². The summed E-state index contributed by atoms with van der Waals surface area (Å²) >= 11 is 3.37. The zero-order valence-corrected chi connectivity index (χ0v) is 16.0. The second kappa shape index (κ2) is 6.93. The largest absolute Gasteiger partial charge is 0.494 e. The number of rotatable bonds is 5. The highest BCUT2D eigenvalue weighted by molar-refractivity contribution is 9.10. The lowest BCUT2D eigenvalue weighted by atomic mass is 10.1. The van der Waals surface area contributed by atoms with Crippen molar-refractivity contribution in [2.75, 3.05) is 11.3 Å². The molecule has 2 aromatic rings. The molecule has 2 aromatic carbocycles. The molecule has 0 atom stereocenters. The van der Waals surface area contributed by atoms with E-state index in [2.05, 4.69) is 20.7 Å². The van der Waals surface area contributed by atoms with Gasteiger partial charge in [-0.25, -0.2) is 8.42 Å². The van der Waals surface area contributed by atoms with Gasteiger partial charge in [-0.2, -0.15) is 0 Å². The average Bonchev–Trinajstić information content (AvgIpc) is 2.45. The zero-order chi connectivity index (χ0) is 17.2. The highest BCUT2D eigenvalue weighted by atomic mass is 79.9. The second-order valence-electron chi connectivity index (χ2n) is 5.38. The summed E-state index contributed by atoms with van der Waals surface area (Å²) in [7, 11) is -3.65. The lowest BCUT2D eigenvalue weighted by Crippen LogP contribution is -2.15. The van der Waals surface area contributed by atoms with E-state index in [1.165, 1.54) is 0 Å². The standard InChI is InChI=1S/C17H20BrNO3S/c1-5-22-16-9-13(4)17(10-12(16)3)23(20,21)19-15-7-6-14(18)8-11(15)2/h6-10,19H,5H2,1-4H3. The van der Waals surface area contributed by atoms with Crippen LogP contribution in [0.5, 0.6) is 5.75 Å². The molecule has 0 saturated carbocycles. The number of benzene rings is 2. The van der Waals surface area contributed by atoms with E-state index >= 15 is 0 Å². The Bertz CT molecular complexity index is 832. The van der Waals surface area contributed by atoms with Crippen molar-refractivity contribution in [3.05, 3.63) is 51.5 Å². The number of hydrogen-bond donors (Lipinski definition) is 1. The minimum absolute atomic E-state index is 0.265. The topological polar surface area (TPSA) is 55.4 Å². The van der Waals surface area contributed by atoms with Gasteiger partial charge in [-0.1, -0.05) is 15.9 Å². The number of halogens is 1. The van der Waals surface area contributed by atoms with Crippen LogP contribution in [-0.4, -0.2) is 15.0 Å². The molecule has 0 radical (unpaired) electrons. The lowest BCUT2D eigenvalue weighted by Gasteiger charge is -2.15. The van der Waals surface area contributed by atoms with Crippen LogP contribution in [0.15, 0.2) is 39.7 Å². The summed E-state index contributed by atoms with van der Waals surface area (Å²) in [6, 6.07) is 8.84. The fraction of sp³-hybridized carbons (Fsp3) is 0.294. The van der Waals surface area contributed by atoms with E-state index < -0.39 is 10.0 Å². The molecule has 0 amide bonds. The SMILES string of the molecule is CCOc1cc(C)c(S(=O)(=O)Nc2ccc(Br)cc2C)cc1C. The van der Waals surface area contributed by atoms with Crippen molar-refractivity contribution in [3.63, 3.8) is 0 Å². The van der Waals surface area contributed by atoms with Crippen LogP contribution in [0.2, 0.25) is 0 Å². The molecule has 0 aliphatic carbocycles. The molecule has 0 spiro atoms. The van der Waals surface area contributed by atoms with Crippen molar-refractivity contribution in [2.24, 2.45) is 0 Å². The monoisotopic (exact) mass is 397 g/mol. The first-order chi connectivity index (χ1) is 10.7. The molecule has 4 nitrogen and oxygen atoms in total. The lowest BCUT2D eigenvalue weighted by molar-refractivity contribution is 0.337. The molecule has 2 rings (SSSR count). The highest BCUT2D eigenvalue weighted by Crippen LogP contribution is 2.28. The molecular weight excluding hydrogens is 378 g/mol. The van der Waals surface area contributed by atoms with E-state index in [1.807, 2.05) is 26.8 Å². The molecule has 1 N–H and O–H groups in total. The molecule has 0 aliphatic heterocycles. The Balaban J connectivity index is 2.41. The first-order valence-corrected chi connectivity index (χ1v) is 9.55. The molecule has 0 unspecified atom stereocenters. The third kappa shape index (κ3) is 4.06. The summed E-state index contributed by atoms with van der Waals surface area (Å²) in [5.41, 5.74) is 2.87. The molecule has 0 heterocycles. The predicted molar refractivity (Wildman–Crippen MR) is 96.8 cm³/mol. The summed E-state index contributed by atoms with van der Waals surface area (Å²) in [6.45, 7) is 7.91. The van der Waals surface area contributed by atoms with Gasteiger partial charge >= 0.3 is 0 Å². The van der Waals surface area contributed by atoms with Crippen LogP contribution < -0.4 is 9.46 Å². The Kier molecular flexibility index (Phi) is 5.37. The number of hydrogen-bond acceptors (Lipinski definition) is 3. The van der Waals surface area contributed by atoms with E-state index in [1.54, 1.807) is 31.2 Å². The number of anilines is 1. The molecule has 124 valence electrons. The number of sulfonamides is 1. The van der Waals surface area contributed by atoms with E-state index in [9.17, 15) is 8.42 Å². The van der Waals surface area contributed by atoms with Crippen LogP contribution in [0.4, 0.5) is 5.69 Å². The number of nitrogens with one attached hydrogen (secondary N) is 1. The van der Waals surface area contributed by atoms with Gasteiger partial charge in [0.05, 0.1) is 17.2 Å². The predicted octanol–water partition coefficient (Wildman–Crippen LogP) is 4.57. The van der Waals surface area contributed by atoms with E-state index in [-0.39, 0.29) is 4.90 Å². The number of aryl methyl sites for hydroxylation is 3. The summed E-state index contributed by atoms with van der Waals surface area (Å²) in [4.78, 5) is 0.265. The minimum atomic E-state index is -3.65. The van der Waals surface area contributed by atoms with E-state index in [0.717, 1.165) is 15.6 Å². The summed E-state index contributed by atoms with van der Waals surface area (Å²) in [6.07, 6.45) is 0. The maximum Gasteiger partial charge on any atom is 0.262 e. The maximum atomic E-state index is 12.7. The fourth-order valence-electron chi connectivity index (χ4n) is 2.31. The quantitative estimate of drug-likeness (QED) is 0.803. The Hall–Kier alpha value is -1.53. The Labute approximate surface area is 146 Å². The highest BCUT2D eigenvalue weighted by Gasteiger charge is 2.19. The van der Waals surface area contributed by atoms with Crippen LogP contribution in [0.1, 0.15) is 23.6 Å². The number of ether oxygens (including phenoxy) is 1. The zero-order valence-electron chi connectivity index (χ0n) is 13.6. The van der Waals surface area contributed by atoms with Crippen LogP contribution in [0.3, 0.4) is 0 Å². The molecule has 6 heteroatoms. The third-order valence-corrected chi connectivity index (χ3v) is 5.50. The molecule has 23 heavy (non-hydrogen) atoms. The van der Waals surface area contributed by atoms with Gasteiger partial charge in [-0.05, 0) is 74.7 Å². The maximum absolute atomic E-state index is 12.7. The Morgan fingerprint density at radius 2 is 1.74 bits per heavy atom. The molecule has 0 aliphatic rings. The van der Waals surface area contributed by atoms with Gasteiger partial charge in [0.2, 0.25) is 0 Å². The average molecular weight is 398 g/mol. The summed E-state index contributed by atoms with van der Waals surface area (Å²) < 4.78 is 34.5. The van der Waals surface area contributed by atoms with Crippen molar-refractivity contribution in [1.82, 2.24) is 0 Å². The van der Waals surface area contributed by atoms with Crippen molar-refractivity contribution in [1.29, 1.82) is 0 Å². The van der Waals surface area contributed by atoms with Gasteiger partial charge in [0.15, 0.2) is 0 Å². The van der Waals surface area contributed by atoms with Crippen LogP contribution in [0.25, 0.3) is 0 Å². The minimum Gasteiger partial charge on any atom is -0.494 e. The molecule has 0 bridgehead atoms. The van der Waals surface area contributed by atoms with Gasteiger partial charge in [-0.3, -0.25) is 4.72 Å².